The monoisotopic (exact) mass is 206 g/mol. The molecule has 0 aromatic carbocycles. The summed E-state index contributed by atoms with van der Waals surface area (Å²) in [5.41, 5.74) is 0. The van der Waals surface area contributed by atoms with Crippen LogP contribution < -0.4 is 0 Å². The molecule has 14 heavy (non-hydrogen) atoms. The molecule has 0 aliphatic heterocycles. The topological polar surface area (TPSA) is 82.1 Å². The molecular formula is C8H14O6. The molecule has 0 saturated carbocycles. The van der Waals surface area contributed by atoms with E-state index in [9.17, 15) is 9.59 Å². The Labute approximate surface area is 81.8 Å². The number of carbonyl (C=O) groups excluding carboxylic acids is 2. The largest absolute Gasteiger partial charge is 0.464 e. The van der Waals surface area contributed by atoms with Crippen molar-refractivity contribution < 1.29 is 28.9 Å². The number of hydrogen-bond acceptors (Lipinski definition) is 6. The molecular weight excluding hydrogens is 192 g/mol. The SMILES string of the molecule is CCOC(=O)COCC(=O)OCCO. The Bertz CT molecular complexity index is 179. The van der Waals surface area contributed by atoms with Gasteiger partial charge in [-0.25, -0.2) is 9.59 Å². The number of esters is 2. The molecule has 0 heterocycles. The van der Waals surface area contributed by atoms with Gasteiger partial charge in [0.2, 0.25) is 0 Å². The third-order valence-electron chi connectivity index (χ3n) is 1.10. The number of carbonyl (C=O) groups is 2. The van der Waals surface area contributed by atoms with Gasteiger partial charge < -0.3 is 19.3 Å². The minimum Gasteiger partial charge on any atom is -0.464 e. The smallest absolute Gasteiger partial charge is 0.332 e. The van der Waals surface area contributed by atoms with E-state index in [2.05, 4.69) is 14.2 Å². The van der Waals surface area contributed by atoms with Gasteiger partial charge in [-0.1, -0.05) is 0 Å². The van der Waals surface area contributed by atoms with Gasteiger partial charge in [-0.05, 0) is 6.92 Å². The first-order chi connectivity index (χ1) is 6.70. The first-order valence-corrected chi connectivity index (χ1v) is 4.20. The van der Waals surface area contributed by atoms with Crippen LogP contribution in [0.4, 0.5) is 0 Å². The van der Waals surface area contributed by atoms with Gasteiger partial charge in [0.1, 0.15) is 19.8 Å². The number of aliphatic hydroxyl groups is 1. The molecule has 0 fully saturated rings. The minimum atomic E-state index is -0.622. The number of ether oxygens (including phenoxy) is 3. The summed E-state index contributed by atoms with van der Waals surface area (Å²) in [4.78, 5) is 21.4. The molecule has 0 aliphatic carbocycles. The number of hydrogen-bond donors (Lipinski definition) is 1. The summed E-state index contributed by atoms with van der Waals surface area (Å²) >= 11 is 0. The van der Waals surface area contributed by atoms with E-state index in [1.807, 2.05) is 0 Å². The molecule has 6 heteroatoms. The van der Waals surface area contributed by atoms with E-state index in [-0.39, 0.29) is 33.0 Å². The zero-order valence-corrected chi connectivity index (χ0v) is 8.02. The summed E-state index contributed by atoms with van der Waals surface area (Å²) in [5.74, 6) is -1.15. The molecule has 6 nitrogen and oxygen atoms in total. The van der Waals surface area contributed by atoms with Crippen molar-refractivity contribution in [2.75, 3.05) is 33.0 Å². The Morgan fingerprint density at radius 1 is 1.14 bits per heavy atom. The van der Waals surface area contributed by atoms with Crippen molar-refractivity contribution in [3.8, 4) is 0 Å². The summed E-state index contributed by atoms with van der Waals surface area (Å²) in [6.07, 6.45) is 0. The van der Waals surface area contributed by atoms with Crippen molar-refractivity contribution in [3.63, 3.8) is 0 Å². The molecule has 0 rings (SSSR count). The summed E-state index contributed by atoms with van der Waals surface area (Å²) in [6, 6.07) is 0. The van der Waals surface area contributed by atoms with Gasteiger partial charge in [-0.3, -0.25) is 0 Å². The highest BCUT2D eigenvalue weighted by Gasteiger charge is 2.05. The van der Waals surface area contributed by atoms with Crippen LogP contribution in [0.25, 0.3) is 0 Å². The van der Waals surface area contributed by atoms with E-state index in [0.29, 0.717) is 0 Å². The summed E-state index contributed by atoms with van der Waals surface area (Å²) in [6.45, 7) is 1.05. The first kappa shape index (κ1) is 12.9. The Balaban J connectivity index is 3.34. The van der Waals surface area contributed by atoms with Gasteiger partial charge in [-0.2, -0.15) is 0 Å². The lowest BCUT2D eigenvalue weighted by atomic mass is 10.6. The van der Waals surface area contributed by atoms with Crippen LogP contribution in [0.15, 0.2) is 0 Å². The van der Waals surface area contributed by atoms with Gasteiger partial charge in [0.15, 0.2) is 0 Å². The van der Waals surface area contributed by atoms with E-state index in [0.717, 1.165) is 0 Å². The lowest BCUT2D eigenvalue weighted by Gasteiger charge is -2.04. The molecule has 0 aliphatic rings. The predicted octanol–water partition coefficient (Wildman–Crippen LogP) is -0.898. The molecule has 0 amide bonds. The van der Waals surface area contributed by atoms with E-state index in [1.54, 1.807) is 6.92 Å². The third-order valence-corrected chi connectivity index (χ3v) is 1.10. The van der Waals surface area contributed by atoms with Crippen molar-refractivity contribution in [2.45, 2.75) is 6.92 Å². The average Bonchev–Trinajstić information content (AvgIpc) is 2.15. The Kier molecular flexibility index (Phi) is 7.77. The zero-order valence-electron chi connectivity index (χ0n) is 8.02. The van der Waals surface area contributed by atoms with Crippen LogP contribution in [0.1, 0.15) is 6.92 Å². The fourth-order valence-electron chi connectivity index (χ4n) is 0.621. The van der Waals surface area contributed by atoms with E-state index in [4.69, 9.17) is 5.11 Å². The summed E-state index contributed by atoms with van der Waals surface area (Å²) in [5, 5.41) is 8.31. The van der Waals surface area contributed by atoms with Gasteiger partial charge in [-0.15, -0.1) is 0 Å². The molecule has 0 unspecified atom stereocenters. The fourth-order valence-corrected chi connectivity index (χ4v) is 0.621. The minimum absolute atomic E-state index is 0.0679. The first-order valence-electron chi connectivity index (χ1n) is 4.20. The van der Waals surface area contributed by atoms with Gasteiger partial charge in [0.25, 0.3) is 0 Å². The van der Waals surface area contributed by atoms with Crippen LogP contribution in [0.3, 0.4) is 0 Å². The molecule has 0 spiro atoms. The normalized spacial score (nSPS) is 9.57. The second kappa shape index (κ2) is 8.46. The van der Waals surface area contributed by atoms with Gasteiger partial charge >= 0.3 is 11.9 Å². The van der Waals surface area contributed by atoms with Crippen LogP contribution in [0.5, 0.6) is 0 Å². The Morgan fingerprint density at radius 3 is 2.21 bits per heavy atom. The highest BCUT2D eigenvalue weighted by atomic mass is 16.6. The molecule has 1 N–H and O–H groups in total. The summed E-state index contributed by atoms with van der Waals surface area (Å²) < 4.78 is 13.7. The van der Waals surface area contributed by atoms with Crippen LogP contribution in [-0.4, -0.2) is 50.1 Å². The van der Waals surface area contributed by atoms with E-state index >= 15 is 0 Å². The van der Waals surface area contributed by atoms with Crippen molar-refractivity contribution in [1.29, 1.82) is 0 Å². The van der Waals surface area contributed by atoms with Crippen molar-refractivity contribution >= 4 is 11.9 Å². The molecule has 0 radical (unpaired) electrons. The maximum Gasteiger partial charge on any atom is 0.332 e. The van der Waals surface area contributed by atoms with Crippen LogP contribution >= 0.6 is 0 Å². The van der Waals surface area contributed by atoms with Gasteiger partial charge in [0, 0.05) is 0 Å². The predicted molar refractivity (Wildman–Crippen MR) is 45.5 cm³/mol. The molecule has 0 aromatic heterocycles. The number of rotatable bonds is 7. The molecule has 0 bridgehead atoms. The lowest BCUT2D eigenvalue weighted by Crippen LogP contribution is -2.19. The standard InChI is InChI=1S/C8H14O6/c1-2-13-7(10)5-12-6-8(11)14-4-3-9/h9H,2-6H2,1H3. The fraction of sp³-hybridized carbons (Fsp3) is 0.750. The van der Waals surface area contributed by atoms with Crippen molar-refractivity contribution in [3.05, 3.63) is 0 Å². The average molecular weight is 206 g/mol. The van der Waals surface area contributed by atoms with Gasteiger partial charge in [0.05, 0.1) is 13.2 Å². The zero-order chi connectivity index (χ0) is 10.8. The maximum absolute atomic E-state index is 10.7. The molecule has 82 valence electrons. The second-order valence-corrected chi connectivity index (χ2v) is 2.24. The van der Waals surface area contributed by atoms with E-state index < -0.39 is 11.9 Å². The van der Waals surface area contributed by atoms with Crippen LogP contribution in [0, 0.1) is 0 Å². The molecule has 0 atom stereocenters. The quantitative estimate of drug-likeness (QED) is 0.544. The molecule has 0 saturated heterocycles. The van der Waals surface area contributed by atoms with Crippen LogP contribution in [0.2, 0.25) is 0 Å². The summed E-state index contributed by atoms with van der Waals surface area (Å²) in [7, 11) is 0. The Hall–Kier alpha value is -1.14. The Morgan fingerprint density at radius 2 is 1.71 bits per heavy atom. The highest BCUT2D eigenvalue weighted by molar-refractivity contribution is 5.73. The molecule has 0 aromatic rings. The lowest BCUT2D eigenvalue weighted by molar-refractivity contribution is -0.155. The maximum atomic E-state index is 10.7. The van der Waals surface area contributed by atoms with E-state index in [1.165, 1.54) is 0 Å². The number of aliphatic hydroxyl groups excluding tert-OH is 1. The van der Waals surface area contributed by atoms with Crippen molar-refractivity contribution in [2.24, 2.45) is 0 Å². The second-order valence-electron chi connectivity index (χ2n) is 2.24. The van der Waals surface area contributed by atoms with Crippen molar-refractivity contribution in [1.82, 2.24) is 0 Å². The van der Waals surface area contributed by atoms with Crippen LogP contribution in [-0.2, 0) is 23.8 Å². The highest BCUT2D eigenvalue weighted by Crippen LogP contribution is 1.84. The third kappa shape index (κ3) is 7.51.